The average Bonchev–Trinajstić information content (AvgIpc) is 2.67. The van der Waals surface area contributed by atoms with Gasteiger partial charge in [0.05, 0.1) is 0 Å². The van der Waals surface area contributed by atoms with Crippen molar-refractivity contribution in [3.63, 3.8) is 0 Å². The number of carbonyl (C=O) groups excluding carboxylic acids is 1. The smallest absolute Gasteiger partial charge is 0.254 e. The second-order valence-corrected chi connectivity index (χ2v) is 6.13. The lowest BCUT2D eigenvalue weighted by Crippen LogP contribution is -2.33. The second kappa shape index (κ2) is 7.79. The lowest BCUT2D eigenvalue weighted by Gasteiger charge is -2.30. The molecule has 3 rings (SSSR count). The molecule has 4 heteroatoms. The molecule has 1 aliphatic heterocycles. The first-order chi connectivity index (χ1) is 12.2. The monoisotopic (exact) mass is 333 g/mol. The SMILES string of the molecule is C=CCN(CC=C)C(=O)c1ccnc(N2CCc3ccccc3C2)c1. The number of aromatic nitrogens is 1. The van der Waals surface area contributed by atoms with Crippen LogP contribution in [-0.2, 0) is 13.0 Å². The molecule has 0 aliphatic carbocycles. The van der Waals surface area contributed by atoms with Gasteiger partial charge in [0.2, 0.25) is 0 Å². The summed E-state index contributed by atoms with van der Waals surface area (Å²) in [4.78, 5) is 21.2. The summed E-state index contributed by atoms with van der Waals surface area (Å²) in [6.07, 6.45) is 6.16. The first kappa shape index (κ1) is 17.0. The molecule has 0 saturated carbocycles. The maximum atomic E-state index is 12.7. The van der Waals surface area contributed by atoms with Crippen molar-refractivity contribution in [1.29, 1.82) is 0 Å². The van der Waals surface area contributed by atoms with Gasteiger partial charge in [-0.1, -0.05) is 36.4 Å². The van der Waals surface area contributed by atoms with Crippen LogP contribution in [0.5, 0.6) is 0 Å². The van der Waals surface area contributed by atoms with E-state index in [0.29, 0.717) is 18.7 Å². The molecule has 0 saturated heterocycles. The number of anilines is 1. The van der Waals surface area contributed by atoms with Gasteiger partial charge in [0, 0.05) is 37.9 Å². The number of rotatable bonds is 6. The number of amides is 1. The van der Waals surface area contributed by atoms with Crippen LogP contribution in [-0.4, -0.2) is 35.4 Å². The van der Waals surface area contributed by atoms with E-state index in [1.54, 1.807) is 29.3 Å². The third kappa shape index (κ3) is 3.79. The molecule has 2 aromatic rings. The van der Waals surface area contributed by atoms with Crippen LogP contribution < -0.4 is 4.90 Å². The second-order valence-electron chi connectivity index (χ2n) is 6.13. The molecule has 0 fully saturated rings. The number of fused-ring (bicyclic) bond motifs is 1. The van der Waals surface area contributed by atoms with Crippen molar-refractivity contribution in [2.45, 2.75) is 13.0 Å². The Hall–Kier alpha value is -2.88. The van der Waals surface area contributed by atoms with E-state index in [1.165, 1.54) is 11.1 Å². The maximum absolute atomic E-state index is 12.7. The highest BCUT2D eigenvalue weighted by atomic mass is 16.2. The molecule has 1 aromatic heterocycles. The predicted molar refractivity (Wildman–Crippen MR) is 102 cm³/mol. The van der Waals surface area contributed by atoms with E-state index in [1.807, 2.05) is 6.07 Å². The first-order valence-electron chi connectivity index (χ1n) is 8.51. The number of pyridine rings is 1. The zero-order valence-corrected chi connectivity index (χ0v) is 14.4. The van der Waals surface area contributed by atoms with E-state index in [-0.39, 0.29) is 5.91 Å². The minimum absolute atomic E-state index is 0.0270. The van der Waals surface area contributed by atoms with Crippen LogP contribution in [0.3, 0.4) is 0 Å². The van der Waals surface area contributed by atoms with Gasteiger partial charge in [-0.05, 0) is 29.7 Å². The topological polar surface area (TPSA) is 36.4 Å². The van der Waals surface area contributed by atoms with E-state index >= 15 is 0 Å². The number of hydrogen-bond acceptors (Lipinski definition) is 3. The molecule has 1 aliphatic rings. The molecule has 25 heavy (non-hydrogen) atoms. The van der Waals surface area contributed by atoms with Crippen molar-refractivity contribution in [2.75, 3.05) is 24.5 Å². The fourth-order valence-electron chi connectivity index (χ4n) is 3.15. The Kier molecular flexibility index (Phi) is 5.29. The molecule has 1 amide bonds. The minimum atomic E-state index is -0.0270. The highest BCUT2D eigenvalue weighted by Gasteiger charge is 2.19. The zero-order valence-electron chi connectivity index (χ0n) is 14.4. The zero-order chi connectivity index (χ0) is 17.6. The van der Waals surface area contributed by atoms with Gasteiger partial charge in [-0.2, -0.15) is 0 Å². The Balaban J connectivity index is 1.81. The summed E-state index contributed by atoms with van der Waals surface area (Å²) in [6, 6.07) is 12.1. The number of hydrogen-bond donors (Lipinski definition) is 0. The third-order valence-corrected chi connectivity index (χ3v) is 4.43. The summed E-state index contributed by atoms with van der Waals surface area (Å²) in [6.45, 7) is 10.2. The van der Waals surface area contributed by atoms with Crippen LogP contribution in [0.1, 0.15) is 21.5 Å². The minimum Gasteiger partial charge on any atom is -0.352 e. The molecule has 1 aromatic carbocycles. The Labute approximate surface area is 149 Å². The van der Waals surface area contributed by atoms with Crippen molar-refractivity contribution >= 4 is 11.7 Å². The Bertz CT molecular complexity index is 774. The van der Waals surface area contributed by atoms with Gasteiger partial charge in [-0.25, -0.2) is 4.98 Å². The molecule has 0 N–H and O–H groups in total. The van der Waals surface area contributed by atoms with Crippen LogP contribution in [0.2, 0.25) is 0 Å². The van der Waals surface area contributed by atoms with Crippen molar-refractivity contribution in [1.82, 2.24) is 9.88 Å². The Morgan fingerprint density at radius 2 is 1.88 bits per heavy atom. The van der Waals surface area contributed by atoms with Crippen LogP contribution in [0, 0.1) is 0 Å². The summed E-state index contributed by atoms with van der Waals surface area (Å²) in [5.41, 5.74) is 3.37. The molecule has 0 unspecified atom stereocenters. The van der Waals surface area contributed by atoms with Gasteiger partial charge in [0.15, 0.2) is 0 Å². The molecule has 2 heterocycles. The quantitative estimate of drug-likeness (QED) is 0.760. The summed E-state index contributed by atoms with van der Waals surface area (Å²) in [5.74, 6) is 0.818. The lowest BCUT2D eigenvalue weighted by atomic mass is 10.00. The van der Waals surface area contributed by atoms with Crippen LogP contribution in [0.25, 0.3) is 0 Å². The fourth-order valence-corrected chi connectivity index (χ4v) is 3.15. The van der Waals surface area contributed by atoms with Crippen molar-refractivity contribution in [3.05, 3.63) is 84.6 Å². The van der Waals surface area contributed by atoms with E-state index in [2.05, 4.69) is 47.3 Å². The van der Waals surface area contributed by atoms with Crippen molar-refractivity contribution in [3.8, 4) is 0 Å². The van der Waals surface area contributed by atoms with E-state index < -0.39 is 0 Å². The van der Waals surface area contributed by atoms with Crippen LogP contribution >= 0.6 is 0 Å². The maximum Gasteiger partial charge on any atom is 0.254 e. The van der Waals surface area contributed by atoms with Gasteiger partial charge >= 0.3 is 0 Å². The summed E-state index contributed by atoms with van der Waals surface area (Å²) in [7, 11) is 0. The van der Waals surface area contributed by atoms with Crippen molar-refractivity contribution < 1.29 is 4.79 Å². The molecule has 0 bridgehead atoms. The van der Waals surface area contributed by atoms with Gasteiger partial charge in [-0.3, -0.25) is 4.79 Å². The van der Waals surface area contributed by atoms with Gasteiger partial charge in [0.1, 0.15) is 5.82 Å². The third-order valence-electron chi connectivity index (χ3n) is 4.43. The van der Waals surface area contributed by atoms with E-state index in [4.69, 9.17) is 0 Å². The molecular weight excluding hydrogens is 310 g/mol. The van der Waals surface area contributed by atoms with Crippen molar-refractivity contribution in [2.24, 2.45) is 0 Å². The molecular formula is C21H23N3O. The van der Waals surface area contributed by atoms with Crippen LogP contribution in [0.15, 0.2) is 67.9 Å². The highest BCUT2D eigenvalue weighted by Crippen LogP contribution is 2.23. The van der Waals surface area contributed by atoms with Gasteiger partial charge < -0.3 is 9.80 Å². The van der Waals surface area contributed by atoms with E-state index in [9.17, 15) is 4.79 Å². The molecule has 0 spiro atoms. The fraction of sp³-hybridized carbons (Fsp3) is 0.238. The largest absolute Gasteiger partial charge is 0.352 e. The Morgan fingerprint density at radius 3 is 2.60 bits per heavy atom. The van der Waals surface area contributed by atoms with Crippen LogP contribution in [0.4, 0.5) is 5.82 Å². The summed E-state index contributed by atoms with van der Waals surface area (Å²) < 4.78 is 0. The number of carbonyl (C=O) groups is 1. The Morgan fingerprint density at radius 1 is 1.16 bits per heavy atom. The predicted octanol–water partition coefficient (Wildman–Crippen LogP) is 3.46. The summed E-state index contributed by atoms with van der Waals surface area (Å²) >= 11 is 0. The summed E-state index contributed by atoms with van der Waals surface area (Å²) in [5, 5.41) is 0. The molecule has 4 nitrogen and oxygen atoms in total. The standard InChI is InChI=1S/C21H23N3O/c1-3-12-23(13-4-2)21(25)18-9-11-22-20(15-18)24-14-10-17-7-5-6-8-19(17)16-24/h3-9,11,15H,1-2,10,12-14,16H2. The molecule has 128 valence electrons. The van der Waals surface area contributed by atoms with Gasteiger partial charge in [0.25, 0.3) is 5.91 Å². The lowest BCUT2D eigenvalue weighted by molar-refractivity contribution is 0.0790. The normalized spacial score (nSPS) is 13.0. The molecule has 0 atom stereocenters. The highest BCUT2D eigenvalue weighted by molar-refractivity contribution is 5.95. The first-order valence-corrected chi connectivity index (χ1v) is 8.51. The number of nitrogens with zero attached hydrogens (tertiary/aromatic N) is 3. The molecule has 0 radical (unpaired) electrons. The average molecular weight is 333 g/mol. The number of benzene rings is 1. The van der Waals surface area contributed by atoms with E-state index in [0.717, 1.165) is 25.3 Å². The van der Waals surface area contributed by atoms with Gasteiger partial charge in [-0.15, -0.1) is 13.2 Å².